The molecule has 0 aromatic carbocycles. The topological polar surface area (TPSA) is 86.2 Å². The predicted molar refractivity (Wildman–Crippen MR) is 29.7 cm³/mol. The molecular weight excluding hydrogens is 108 g/mol. The molecule has 4 N–H and O–H groups in total. The Bertz CT molecular complexity index is 72.4. The van der Waals surface area contributed by atoms with E-state index < -0.39 is 0 Å². The second-order valence-corrected chi connectivity index (χ2v) is 0.956. The monoisotopic (exact) mass is 118 g/mol. The maximum Gasteiger partial charge on any atom is 0.217 e. The number of nitrogens with two attached hydrogens (primary N) is 2. The number of carbonyl (C=O) groups is 2. The molecule has 0 fully saturated rings. The third-order valence-electron chi connectivity index (χ3n) is 0.348. The largest absolute Gasteiger partial charge is 0.372 e. The van der Waals surface area contributed by atoms with Gasteiger partial charge in [0.05, 0.1) is 0 Å². The highest BCUT2D eigenvalue weighted by Crippen LogP contribution is 1.63. The normalized spacial score (nSPS) is 6.12. The van der Waals surface area contributed by atoms with Crippen molar-refractivity contribution in [3.8, 4) is 0 Å². The first-order chi connectivity index (χ1) is 3.68. The highest BCUT2D eigenvalue weighted by atomic mass is 16.1. The summed E-state index contributed by atoms with van der Waals surface area (Å²) in [4.78, 5) is 18.2. The fourth-order valence-corrected chi connectivity index (χ4v) is 0. The van der Waals surface area contributed by atoms with Crippen molar-refractivity contribution in [3.63, 3.8) is 0 Å². The third kappa shape index (κ3) is 86.8. The summed E-state index contributed by atoms with van der Waals surface area (Å²) in [5, 5.41) is 0. The van der Waals surface area contributed by atoms with Crippen LogP contribution < -0.4 is 11.5 Å². The number of hydrogen-bond acceptors (Lipinski definition) is 2. The van der Waals surface area contributed by atoms with E-state index in [4.69, 9.17) is 4.79 Å². The molecule has 4 heteroatoms. The summed E-state index contributed by atoms with van der Waals surface area (Å²) in [6.07, 6.45) is 0.694. The lowest BCUT2D eigenvalue weighted by Crippen LogP contribution is -2.06. The van der Waals surface area contributed by atoms with E-state index in [9.17, 15) is 4.79 Å². The highest BCUT2D eigenvalue weighted by molar-refractivity contribution is 5.73. The predicted octanol–water partition coefficient (Wildman–Crippen LogP) is -1.02. The van der Waals surface area contributed by atoms with Gasteiger partial charge in [-0.15, -0.1) is 0 Å². The molecule has 0 atom stereocenters. The summed E-state index contributed by atoms with van der Waals surface area (Å²) < 4.78 is 0. The number of rotatable bonds is 1. The van der Waals surface area contributed by atoms with Crippen LogP contribution in [-0.4, -0.2) is 12.3 Å². The Balaban J connectivity index is 0. The molecule has 0 saturated heterocycles. The van der Waals surface area contributed by atoms with Crippen LogP contribution in [0.25, 0.3) is 0 Å². The summed E-state index contributed by atoms with van der Waals surface area (Å²) in [7, 11) is 0. The van der Waals surface area contributed by atoms with E-state index in [1.165, 1.54) is 0 Å². The van der Waals surface area contributed by atoms with Crippen molar-refractivity contribution in [2.24, 2.45) is 11.5 Å². The van der Waals surface area contributed by atoms with E-state index in [2.05, 4.69) is 11.5 Å². The highest BCUT2D eigenvalue weighted by Gasteiger charge is 1.77. The van der Waals surface area contributed by atoms with E-state index in [1.807, 2.05) is 0 Å². The summed E-state index contributed by atoms with van der Waals surface area (Å²) in [5.74, 6) is -0.245. The van der Waals surface area contributed by atoms with E-state index in [-0.39, 0.29) is 12.3 Å². The van der Waals surface area contributed by atoms with Gasteiger partial charge < -0.3 is 11.5 Å². The Morgan fingerprint density at radius 1 is 1.75 bits per heavy atom. The van der Waals surface area contributed by atoms with Gasteiger partial charge in [-0.05, 0) is 0 Å². The van der Waals surface area contributed by atoms with Crippen molar-refractivity contribution in [2.45, 2.75) is 13.3 Å². The molecule has 0 unspecified atom stereocenters. The Morgan fingerprint density at radius 2 is 1.88 bits per heavy atom. The SMILES string of the molecule is CCC(N)=O.NC=O. The first kappa shape index (κ1) is 10.0. The van der Waals surface area contributed by atoms with E-state index >= 15 is 0 Å². The maximum atomic E-state index is 9.59. The van der Waals surface area contributed by atoms with Crippen LogP contribution in [0.15, 0.2) is 0 Å². The summed E-state index contributed by atoms with van der Waals surface area (Å²) >= 11 is 0. The first-order valence-corrected chi connectivity index (χ1v) is 2.12. The van der Waals surface area contributed by atoms with Gasteiger partial charge in [0.2, 0.25) is 12.3 Å². The van der Waals surface area contributed by atoms with Crippen LogP contribution in [0.4, 0.5) is 0 Å². The Hall–Kier alpha value is -1.06. The second-order valence-electron chi connectivity index (χ2n) is 0.956. The Kier molecular flexibility index (Phi) is 11.7. The molecule has 0 rings (SSSR count). The van der Waals surface area contributed by atoms with Gasteiger partial charge in [0.25, 0.3) is 0 Å². The molecule has 0 radical (unpaired) electrons. The van der Waals surface area contributed by atoms with Gasteiger partial charge in [-0.2, -0.15) is 0 Å². The lowest BCUT2D eigenvalue weighted by molar-refractivity contribution is -0.117. The van der Waals surface area contributed by atoms with Crippen molar-refractivity contribution < 1.29 is 9.59 Å². The van der Waals surface area contributed by atoms with E-state index in [1.54, 1.807) is 6.92 Å². The zero-order valence-corrected chi connectivity index (χ0v) is 4.76. The Labute approximate surface area is 47.8 Å². The van der Waals surface area contributed by atoms with Crippen molar-refractivity contribution >= 4 is 12.3 Å². The molecule has 4 nitrogen and oxygen atoms in total. The minimum Gasteiger partial charge on any atom is -0.372 e. The lowest BCUT2D eigenvalue weighted by Gasteiger charge is -1.73. The average Bonchev–Trinajstić information content (AvgIpc) is 1.69. The van der Waals surface area contributed by atoms with Gasteiger partial charge in [0.15, 0.2) is 0 Å². The van der Waals surface area contributed by atoms with E-state index in [0.29, 0.717) is 6.42 Å². The number of carbonyl (C=O) groups excluding carboxylic acids is 2. The van der Waals surface area contributed by atoms with Gasteiger partial charge >= 0.3 is 0 Å². The lowest BCUT2D eigenvalue weighted by atomic mass is 10.5. The van der Waals surface area contributed by atoms with Gasteiger partial charge in [-0.25, -0.2) is 0 Å². The van der Waals surface area contributed by atoms with Crippen molar-refractivity contribution in [2.75, 3.05) is 0 Å². The summed E-state index contributed by atoms with van der Waals surface area (Å²) in [6.45, 7) is 1.72. The smallest absolute Gasteiger partial charge is 0.217 e. The number of hydrogen-bond donors (Lipinski definition) is 2. The van der Waals surface area contributed by atoms with Crippen LogP contribution in [0.3, 0.4) is 0 Å². The van der Waals surface area contributed by atoms with Crippen LogP contribution in [0.5, 0.6) is 0 Å². The van der Waals surface area contributed by atoms with Crippen molar-refractivity contribution in [3.05, 3.63) is 0 Å². The molecular formula is C4H10N2O2. The maximum absolute atomic E-state index is 9.59. The minimum absolute atomic E-state index is 0.245. The molecule has 0 aromatic heterocycles. The fraction of sp³-hybridized carbons (Fsp3) is 0.500. The molecule has 0 heterocycles. The van der Waals surface area contributed by atoms with Gasteiger partial charge in [0.1, 0.15) is 0 Å². The molecule has 8 heavy (non-hydrogen) atoms. The molecule has 48 valence electrons. The number of amides is 2. The molecule has 0 aliphatic rings. The minimum atomic E-state index is -0.245. The summed E-state index contributed by atoms with van der Waals surface area (Å²) in [5.41, 5.74) is 8.82. The van der Waals surface area contributed by atoms with Crippen molar-refractivity contribution in [1.29, 1.82) is 0 Å². The fourth-order valence-electron chi connectivity index (χ4n) is 0. The molecule has 0 aliphatic heterocycles. The Morgan fingerprint density at radius 3 is 1.88 bits per heavy atom. The first-order valence-electron chi connectivity index (χ1n) is 2.12. The van der Waals surface area contributed by atoms with Crippen LogP contribution in [0.1, 0.15) is 13.3 Å². The van der Waals surface area contributed by atoms with Gasteiger partial charge in [0, 0.05) is 6.42 Å². The molecule has 0 aliphatic carbocycles. The van der Waals surface area contributed by atoms with Gasteiger partial charge in [-0.1, -0.05) is 6.92 Å². The number of primary amides is 2. The molecule has 0 bridgehead atoms. The van der Waals surface area contributed by atoms with Crippen LogP contribution in [-0.2, 0) is 9.59 Å². The van der Waals surface area contributed by atoms with Crippen LogP contribution in [0.2, 0.25) is 0 Å². The molecule has 2 amide bonds. The second kappa shape index (κ2) is 9.34. The van der Waals surface area contributed by atoms with Gasteiger partial charge in [-0.3, -0.25) is 9.59 Å². The zero-order chi connectivity index (χ0) is 6.99. The molecule has 0 aromatic rings. The van der Waals surface area contributed by atoms with E-state index in [0.717, 1.165) is 0 Å². The summed E-state index contributed by atoms with van der Waals surface area (Å²) in [6, 6.07) is 0. The standard InChI is InChI=1S/C3H7NO.CH3NO/c1-2-3(4)5;2-1-3/h2H2,1H3,(H2,4,5);1H,(H2,2,3). The quantitative estimate of drug-likeness (QED) is 0.432. The molecule has 0 saturated carbocycles. The van der Waals surface area contributed by atoms with Crippen molar-refractivity contribution in [1.82, 2.24) is 0 Å². The molecule has 0 spiro atoms. The van der Waals surface area contributed by atoms with Crippen LogP contribution >= 0.6 is 0 Å². The zero-order valence-electron chi connectivity index (χ0n) is 4.76. The van der Waals surface area contributed by atoms with Crippen LogP contribution in [0, 0.1) is 0 Å². The third-order valence-corrected chi connectivity index (χ3v) is 0.348. The average molecular weight is 118 g/mol.